The minimum absolute atomic E-state index is 0.280. The van der Waals surface area contributed by atoms with Gasteiger partial charge >= 0.3 is 6.18 Å². The van der Waals surface area contributed by atoms with Gasteiger partial charge in [0, 0.05) is 18.3 Å². The van der Waals surface area contributed by atoms with Crippen molar-refractivity contribution in [3.63, 3.8) is 0 Å². The van der Waals surface area contributed by atoms with Gasteiger partial charge in [-0.2, -0.15) is 23.4 Å². The van der Waals surface area contributed by atoms with Gasteiger partial charge in [0.05, 0.1) is 18.4 Å². The highest BCUT2D eigenvalue weighted by Gasteiger charge is 2.40. The van der Waals surface area contributed by atoms with E-state index in [1.165, 1.54) is 17.1 Å². The molecule has 27 heavy (non-hydrogen) atoms. The standard InChI is InChI=1S/C16H12Cl2F3N5O/c1-25-14(16(19,20)21)12(18)13(24-25)15(27)23-10-6-22-26(8-10)7-9-4-2-3-5-11(9)17/h2-6,8H,7H2,1H3,(H,23,27). The third-order valence-electron chi connectivity index (χ3n) is 3.65. The van der Waals surface area contributed by atoms with Crippen molar-refractivity contribution in [3.8, 4) is 0 Å². The summed E-state index contributed by atoms with van der Waals surface area (Å²) in [6.07, 6.45) is -1.85. The SMILES string of the molecule is Cn1nc(C(=O)Nc2cnn(Cc3ccccc3Cl)c2)c(Cl)c1C(F)(F)F. The van der Waals surface area contributed by atoms with Gasteiger partial charge in [-0.25, -0.2) is 0 Å². The molecule has 0 radical (unpaired) electrons. The van der Waals surface area contributed by atoms with Crippen LogP contribution in [-0.4, -0.2) is 25.5 Å². The van der Waals surface area contributed by atoms with E-state index in [0.29, 0.717) is 16.2 Å². The molecule has 0 saturated heterocycles. The average Bonchev–Trinajstić information content (AvgIpc) is 3.12. The number of rotatable bonds is 4. The van der Waals surface area contributed by atoms with Gasteiger partial charge in [-0.1, -0.05) is 41.4 Å². The Balaban J connectivity index is 1.76. The van der Waals surface area contributed by atoms with Crippen LogP contribution < -0.4 is 5.32 Å². The van der Waals surface area contributed by atoms with Gasteiger partial charge in [0.25, 0.3) is 5.91 Å². The van der Waals surface area contributed by atoms with E-state index in [1.54, 1.807) is 12.1 Å². The Hall–Kier alpha value is -2.52. The molecule has 11 heteroatoms. The second-order valence-corrected chi connectivity index (χ2v) is 6.39. The second-order valence-electron chi connectivity index (χ2n) is 5.60. The Kier molecular flexibility index (Phi) is 5.16. The Morgan fingerprint density at radius 3 is 2.59 bits per heavy atom. The molecule has 0 fully saturated rings. The zero-order chi connectivity index (χ0) is 19.8. The third-order valence-corrected chi connectivity index (χ3v) is 4.38. The molecule has 2 heterocycles. The predicted octanol–water partition coefficient (Wildman–Crippen LogP) is 4.24. The van der Waals surface area contributed by atoms with Crippen LogP contribution in [0.15, 0.2) is 36.7 Å². The fourth-order valence-corrected chi connectivity index (χ4v) is 3.01. The summed E-state index contributed by atoms with van der Waals surface area (Å²) in [7, 11) is 1.06. The van der Waals surface area contributed by atoms with E-state index in [4.69, 9.17) is 23.2 Å². The largest absolute Gasteiger partial charge is 0.434 e. The molecule has 3 aromatic rings. The van der Waals surface area contributed by atoms with Gasteiger partial charge in [0.2, 0.25) is 0 Å². The summed E-state index contributed by atoms with van der Waals surface area (Å²) in [6, 6.07) is 7.19. The van der Waals surface area contributed by atoms with Crippen LogP contribution in [0.4, 0.5) is 18.9 Å². The smallest absolute Gasteiger partial charge is 0.318 e. The molecule has 0 bridgehead atoms. The van der Waals surface area contributed by atoms with E-state index in [-0.39, 0.29) is 5.69 Å². The van der Waals surface area contributed by atoms with Crippen molar-refractivity contribution in [1.82, 2.24) is 19.6 Å². The molecule has 0 unspecified atom stereocenters. The molecule has 3 rings (SSSR count). The molecular formula is C16H12Cl2F3N5O. The van der Waals surface area contributed by atoms with E-state index in [2.05, 4.69) is 15.5 Å². The van der Waals surface area contributed by atoms with Crippen LogP contribution in [0.5, 0.6) is 0 Å². The lowest BCUT2D eigenvalue weighted by Gasteiger charge is -2.06. The number of carbonyl (C=O) groups is 1. The average molecular weight is 418 g/mol. The summed E-state index contributed by atoms with van der Waals surface area (Å²) in [4.78, 5) is 12.3. The number of carbonyl (C=O) groups excluding carboxylic acids is 1. The first kappa shape index (κ1) is 19.2. The number of aryl methyl sites for hydroxylation is 1. The molecule has 2 aromatic heterocycles. The minimum Gasteiger partial charge on any atom is -0.318 e. The van der Waals surface area contributed by atoms with Crippen molar-refractivity contribution < 1.29 is 18.0 Å². The molecule has 0 spiro atoms. The molecule has 1 aromatic carbocycles. The number of nitrogens with one attached hydrogen (secondary N) is 1. The molecule has 0 atom stereocenters. The fraction of sp³-hybridized carbons (Fsp3) is 0.188. The van der Waals surface area contributed by atoms with E-state index >= 15 is 0 Å². The summed E-state index contributed by atoms with van der Waals surface area (Å²) < 4.78 is 40.9. The Morgan fingerprint density at radius 1 is 1.26 bits per heavy atom. The van der Waals surface area contributed by atoms with Crippen molar-refractivity contribution in [2.24, 2.45) is 7.05 Å². The zero-order valence-corrected chi connectivity index (χ0v) is 15.3. The zero-order valence-electron chi connectivity index (χ0n) is 13.8. The van der Waals surface area contributed by atoms with Gasteiger partial charge in [-0.3, -0.25) is 14.2 Å². The van der Waals surface area contributed by atoms with Gasteiger partial charge in [0.1, 0.15) is 5.02 Å². The maximum absolute atomic E-state index is 13.0. The maximum Gasteiger partial charge on any atom is 0.434 e. The van der Waals surface area contributed by atoms with Crippen LogP contribution in [0.1, 0.15) is 21.7 Å². The van der Waals surface area contributed by atoms with Crippen LogP contribution in [0.2, 0.25) is 10.0 Å². The predicted molar refractivity (Wildman–Crippen MR) is 94.0 cm³/mol. The van der Waals surface area contributed by atoms with Gasteiger partial charge in [0.15, 0.2) is 11.4 Å². The number of aromatic nitrogens is 4. The molecule has 1 N–H and O–H groups in total. The van der Waals surface area contributed by atoms with Crippen LogP contribution in [0, 0.1) is 0 Å². The molecule has 0 aliphatic heterocycles. The number of amides is 1. The topological polar surface area (TPSA) is 64.7 Å². The summed E-state index contributed by atoms with van der Waals surface area (Å²) >= 11 is 11.8. The van der Waals surface area contributed by atoms with Crippen molar-refractivity contribution in [2.75, 3.05) is 5.32 Å². The van der Waals surface area contributed by atoms with Gasteiger partial charge in [-0.05, 0) is 11.6 Å². The van der Waals surface area contributed by atoms with E-state index < -0.39 is 28.5 Å². The van der Waals surface area contributed by atoms with E-state index in [1.807, 2.05) is 12.1 Å². The first-order valence-corrected chi connectivity index (χ1v) is 8.29. The summed E-state index contributed by atoms with van der Waals surface area (Å²) in [5.41, 5.74) is -0.612. The molecule has 6 nitrogen and oxygen atoms in total. The molecule has 142 valence electrons. The summed E-state index contributed by atoms with van der Waals surface area (Å²) in [5.74, 6) is -0.872. The van der Waals surface area contributed by atoms with Crippen molar-refractivity contribution >= 4 is 34.8 Å². The molecule has 0 saturated carbocycles. The van der Waals surface area contributed by atoms with Crippen LogP contribution in [0.25, 0.3) is 0 Å². The second kappa shape index (κ2) is 7.24. The number of hydrogen-bond acceptors (Lipinski definition) is 3. The number of benzene rings is 1. The Labute approximate surface area is 161 Å². The Morgan fingerprint density at radius 2 is 1.96 bits per heavy atom. The van der Waals surface area contributed by atoms with E-state index in [0.717, 1.165) is 12.6 Å². The lowest BCUT2D eigenvalue weighted by molar-refractivity contribution is -0.143. The normalized spacial score (nSPS) is 11.6. The van der Waals surface area contributed by atoms with Gasteiger partial charge in [-0.15, -0.1) is 0 Å². The third kappa shape index (κ3) is 4.09. The first-order chi connectivity index (χ1) is 12.7. The number of halogens is 5. The Bertz CT molecular complexity index is 996. The molecule has 0 aliphatic carbocycles. The first-order valence-electron chi connectivity index (χ1n) is 7.53. The van der Waals surface area contributed by atoms with Crippen molar-refractivity contribution in [3.05, 3.63) is 63.7 Å². The highest BCUT2D eigenvalue weighted by atomic mass is 35.5. The summed E-state index contributed by atoms with van der Waals surface area (Å²) in [5, 5.41) is 9.89. The van der Waals surface area contributed by atoms with Gasteiger partial charge < -0.3 is 5.32 Å². The summed E-state index contributed by atoms with van der Waals surface area (Å²) in [6.45, 7) is 0.359. The van der Waals surface area contributed by atoms with Crippen LogP contribution in [-0.2, 0) is 19.8 Å². The molecule has 0 aliphatic rings. The van der Waals surface area contributed by atoms with Crippen LogP contribution >= 0.6 is 23.2 Å². The quantitative estimate of drug-likeness (QED) is 0.690. The van der Waals surface area contributed by atoms with Crippen molar-refractivity contribution in [2.45, 2.75) is 12.7 Å². The maximum atomic E-state index is 13.0. The molecule has 1 amide bonds. The fourth-order valence-electron chi connectivity index (χ4n) is 2.46. The minimum atomic E-state index is -4.73. The highest BCUT2D eigenvalue weighted by Crippen LogP contribution is 2.36. The number of anilines is 1. The number of alkyl halides is 3. The van der Waals surface area contributed by atoms with Crippen LogP contribution in [0.3, 0.4) is 0 Å². The number of hydrogen-bond donors (Lipinski definition) is 1. The van der Waals surface area contributed by atoms with E-state index in [9.17, 15) is 18.0 Å². The van der Waals surface area contributed by atoms with Crippen molar-refractivity contribution in [1.29, 1.82) is 0 Å². The highest BCUT2D eigenvalue weighted by molar-refractivity contribution is 6.34. The lowest BCUT2D eigenvalue weighted by atomic mass is 10.2. The lowest BCUT2D eigenvalue weighted by Crippen LogP contribution is -2.13. The molecular weight excluding hydrogens is 406 g/mol. The number of nitrogens with zero attached hydrogens (tertiary/aromatic N) is 4. The monoisotopic (exact) mass is 417 g/mol.